The van der Waals surface area contributed by atoms with Gasteiger partial charge in [0.2, 0.25) is 10.0 Å². The Kier molecular flexibility index (Phi) is 4.90. The number of hydrogen-bond donors (Lipinski definition) is 0. The van der Waals surface area contributed by atoms with Gasteiger partial charge in [0.15, 0.2) is 0 Å². The van der Waals surface area contributed by atoms with Gasteiger partial charge in [0.25, 0.3) is 5.24 Å². The van der Waals surface area contributed by atoms with E-state index in [2.05, 4.69) is 0 Å². The molecule has 10 heteroatoms. The molecule has 3 rings (SSSR count). The van der Waals surface area contributed by atoms with Gasteiger partial charge in [-0.05, 0) is 56.0 Å². The Morgan fingerprint density at radius 2 is 1.81 bits per heavy atom. The number of carbonyl (C=O) groups excluding carboxylic acids is 2. The fourth-order valence-corrected chi connectivity index (χ4v) is 4.86. The Morgan fingerprint density at radius 3 is 2.37 bits per heavy atom. The van der Waals surface area contributed by atoms with Crippen molar-refractivity contribution in [3.63, 3.8) is 0 Å². The fourth-order valence-electron chi connectivity index (χ4n) is 2.86. The summed E-state index contributed by atoms with van der Waals surface area (Å²) in [6, 6.07) is 4.96. The molecule has 2 heterocycles. The highest BCUT2D eigenvalue weighted by molar-refractivity contribution is 7.92. The molecule has 0 radical (unpaired) electrons. The van der Waals surface area contributed by atoms with Crippen LogP contribution in [0.4, 0.5) is 16.2 Å². The number of benzene rings is 1. The number of nitrogens with zero attached hydrogens (tertiary/aromatic N) is 2. The monoisotopic (exact) mass is 430 g/mol. The highest BCUT2D eigenvalue weighted by Crippen LogP contribution is 2.41. The number of ether oxygens (including phenoxy) is 1. The molecule has 1 aliphatic rings. The summed E-state index contributed by atoms with van der Waals surface area (Å²) in [6.45, 7) is 5.56. The molecule has 0 bridgehead atoms. The molecule has 0 saturated heterocycles. The molecule has 7 nitrogen and oxygen atoms in total. The van der Waals surface area contributed by atoms with Gasteiger partial charge in [-0.15, -0.1) is 11.3 Å². The van der Waals surface area contributed by atoms with Gasteiger partial charge in [0.05, 0.1) is 29.1 Å². The topological polar surface area (TPSA) is 84.0 Å². The van der Waals surface area contributed by atoms with Crippen LogP contribution in [0.25, 0.3) is 10.1 Å². The van der Waals surface area contributed by atoms with Crippen LogP contribution < -0.4 is 9.21 Å². The van der Waals surface area contributed by atoms with Gasteiger partial charge in [0, 0.05) is 11.2 Å². The van der Waals surface area contributed by atoms with E-state index in [1.165, 1.54) is 20.5 Å². The van der Waals surface area contributed by atoms with E-state index < -0.39 is 27.0 Å². The zero-order chi connectivity index (χ0) is 20.1. The van der Waals surface area contributed by atoms with Crippen LogP contribution in [0.1, 0.15) is 30.4 Å². The molecule has 0 fully saturated rings. The molecular weight excluding hydrogens is 412 g/mol. The lowest BCUT2D eigenvalue weighted by Gasteiger charge is -2.37. The van der Waals surface area contributed by atoms with Gasteiger partial charge in [-0.3, -0.25) is 14.0 Å². The molecule has 1 aliphatic heterocycles. The Hall–Kier alpha value is -1.84. The molecule has 0 unspecified atom stereocenters. The second kappa shape index (κ2) is 6.65. The molecule has 146 valence electrons. The molecule has 0 spiro atoms. The minimum absolute atomic E-state index is 0.113. The average Bonchev–Trinajstić information content (AvgIpc) is 2.92. The normalized spacial score (nSPS) is 15.0. The van der Waals surface area contributed by atoms with Gasteiger partial charge >= 0.3 is 6.09 Å². The second-order valence-corrected chi connectivity index (χ2v) is 10.6. The lowest BCUT2D eigenvalue weighted by molar-refractivity contribution is 0.0580. The number of sulfonamides is 1. The lowest BCUT2D eigenvalue weighted by Crippen LogP contribution is -2.47. The van der Waals surface area contributed by atoms with Crippen molar-refractivity contribution in [2.24, 2.45) is 0 Å². The third kappa shape index (κ3) is 4.04. The SMILES string of the molecule is CC(C)(C)OC(=O)N1CCN(S(C)(=O)=O)c2cc3cc(C(=O)Cl)sc3cc21. The predicted molar refractivity (Wildman–Crippen MR) is 108 cm³/mol. The molecule has 27 heavy (non-hydrogen) atoms. The minimum Gasteiger partial charge on any atom is -0.443 e. The van der Waals surface area contributed by atoms with Gasteiger partial charge in [-0.25, -0.2) is 13.2 Å². The van der Waals surface area contributed by atoms with Crippen molar-refractivity contribution >= 4 is 65.8 Å². The molecular formula is C17H19ClN2O5S2. The van der Waals surface area contributed by atoms with Crippen molar-refractivity contribution in [1.82, 2.24) is 0 Å². The van der Waals surface area contributed by atoms with Crippen LogP contribution in [0.15, 0.2) is 18.2 Å². The summed E-state index contributed by atoms with van der Waals surface area (Å²) in [5.74, 6) is 0. The van der Waals surface area contributed by atoms with Crippen molar-refractivity contribution in [2.75, 3.05) is 28.6 Å². The van der Waals surface area contributed by atoms with Crippen LogP contribution >= 0.6 is 22.9 Å². The number of carbonyl (C=O) groups is 2. The van der Waals surface area contributed by atoms with Crippen LogP contribution in [0.3, 0.4) is 0 Å². The number of fused-ring (bicyclic) bond motifs is 2. The third-order valence-electron chi connectivity index (χ3n) is 3.91. The summed E-state index contributed by atoms with van der Waals surface area (Å²) in [7, 11) is -3.54. The van der Waals surface area contributed by atoms with Crippen molar-refractivity contribution < 1.29 is 22.7 Å². The van der Waals surface area contributed by atoms with Crippen molar-refractivity contribution in [2.45, 2.75) is 26.4 Å². The van der Waals surface area contributed by atoms with E-state index in [-0.39, 0.29) is 13.1 Å². The standard InChI is InChI=1S/C17H19ClN2O5S2/c1-17(2,3)25-16(22)19-5-6-20(27(4,23)24)12-7-10-8-14(15(18)21)26-13(10)9-11(12)19/h7-9H,5-6H2,1-4H3. The zero-order valence-corrected chi connectivity index (χ0v) is 17.7. The summed E-state index contributed by atoms with van der Waals surface area (Å²) in [6.07, 6.45) is 0.562. The first-order valence-corrected chi connectivity index (χ1v) is 11.2. The Balaban J connectivity index is 2.17. The van der Waals surface area contributed by atoms with E-state index in [0.29, 0.717) is 21.6 Å². The highest BCUT2D eigenvalue weighted by atomic mass is 35.5. The van der Waals surface area contributed by atoms with Gasteiger partial charge in [-0.2, -0.15) is 0 Å². The molecule has 0 aliphatic carbocycles. The number of rotatable bonds is 2. The van der Waals surface area contributed by atoms with Crippen LogP contribution in [-0.2, 0) is 14.8 Å². The first-order valence-electron chi connectivity index (χ1n) is 8.12. The van der Waals surface area contributed by atoms with Crippen LogP contribution in [0, 0.1) is 0 Å². The smallest absolute Gasteiger partial charge is 0.414 e. The minimum atomic E-state index is -3.54. The predicted octanol–water partition coefficient (Wildman–Crippen LogP) is 3.80. The van der Waals surface area contributed by atoms with Crippen molar-refractivity contribution in [3.8, 4) is 0 Å². The van der Waals surface area contributed by atoms with E-state index in [0.717, 1.165) is 11.0 Å². The summed E-state index contributed by atoms with van der Waals surface area (Å²) in [5, 5.41) is 0.0978. The maximum Gasteiger partial charge on any atom is 0.414 e. The number of anilines is 2. The summed E-state index contributed by atoms with van der Waals surface area (Å²) >= 11 is 6.75. The second-order valence-electron chi connectivity index (χ2n) is 7.23. The number of thiophene rings is 1. The van der Waals surface area contributed by atoms with Gasteiger partial charge in [0.1, 0.15) is 5.60 Å². The molecule has 0 saturated carbocycles. The zero-order valence-electron chi connectivity index (χ0n) is 15.3. The van der Waals surface area contributed by atoms with Crippen molar-refractivity contribution in [3.05, 3.63) is 23.1 Å². The number of amides is 1. The Labute approximate surface area is 166 Å². The van der Waals surface area contributed by atoms with E-state index in [1.54, 1.807) is 39.0 Å². The quantitative estimate of drug-likeness (QED) is 0.676. The highest BCUT2D eigenvalue weighted by Gasteiger charge is 2.34. The Bertz CT molecular complexity index is 1040. The fraction of sp³-hybridized carbons (Fsp3) is 0.412. The molecule has 1 aromatic carbocycles. The summed E-state index contributed by atoms with van der Waals surface area (Å²) < 4.78 is 31.9. The van der Waals surface area contributed by atoms with Gasteiger partial charge < -0.3 is 4.74 Å². The van der Waals surface area contributed by atoms with E-state index >= 15 is 0 Å². The largest absolute Gasteiger partial charge is 0.443 e. The summed E-state index contributed by atoms with van der Waals surface area (Å²) in [4.78, 5) is 25.9. The molecule has 1 amide bonds. The maximum absolute atomic E-state index is 12.6. The molecule has 1 aromatic heterocycles. The van der Waals surface area contributed by atoms with Crippen LogP contribution in [0.2, 0.25) is 0 Å². The maximum atomic E-state index is 12.6. The number of halogens is 1. The molecule has 2 aromatic rings. The number of hydrogen-bond acceptors (Lipinski definition) is 6. The first kappa shape index (κ1) is 19.9. The first-order chi connectivity index (χ1) is 12.4. The van der Waals surface area contributed by atoms with Gasteiger partial charge in [-0.1, -0.05) is 0 Å². The third-order valence-corrected chi connectivity index (χ3v) is 6.50. The Morgan fingerprint density at radius 1 is 1.15 bits per heavy atom. The van der Waals surface area contributed by atoms with Crippen molar-refractivity contribution in [1.29, 1.82) is 0 Å². The lowest BCUT2D eigenvalue weighted by atomic mass is 10.1. The van der Waals surface area contributed by atoms with E-state index in [1.807, 2.05) is 0 Å². The average molecular weight is 431 g/mol. The van der Waals surface area contributed by atoms with E-state index in [4.69, 9.17) is 16.3 Å². The van der Waals surface area contributed by atoms with Crippen LogP contribution in [-0.4, -0.2) is 44.7 Å². The molecule has 0 N–H and O–H groups in total. The molecule has 0 atom stereocenters. The summed E-state index contributed by atoms with van der Waals surface area (Å²) in [5.41, 5.74) is 0.105. The van der Waals surface area contributed by atoms with Crippen LogP contribution in [0.5, 0.6) is 0 Å². The van der Waals surface area contributed by atoms with E-state index in [9.17, 15) is 18.0 Å².